The molecule has 2 aliphatic carbocycles. The molecule has 3 unspecified atom stereocenters. The smallest absolute Gasteiger partial charge is 0.249 e. The van der Waals surface area contributed by atoms with Gasteiger partial charge < -0.3 is 10.2 Å². The van der Waals surface area contributed by atoms with Gasteiger partial charge in [-0.25, -0.2) is 0 Å². The largest absolute Gasteiger partial charge is 0.340 e. The van der Waals surface area contributed by atoms with Gasteiger partial charge in [0.05, 0.1) is 0 Å². The molecular weight excluding hydrogens is 264 g/mol. The third kappa shape index (κ3) is 2.09. The molecule has 118 valence electrons. The highest BCUT2D eigenvalue weighted by molar-refractivity contribution is 6.03. The van der Waals surface area contributed by atoms with Crippen molar-refractivity contribution in [2.75, 3.05) is 0 Å². The highest BCUT2D eigenvalue weighted by Gasteiger charge is 2.63. The number of hydrogen-bond donors (Lipinski definition) is 1. The summed E-state index contributed by atoms with van der Waals surface area (Å²) in [6.07, 6.45) is 6.23. The van der Waals surface area contributed by atoms with E-state index in [0.717, 1.165) is 38.5 Å². The number of hydrogen-bond acceptors (Lipinski definition) is 2. The molecule has 3 atom stereocenters. The van der Waals surface area contributed by atoms with Gasteiger partial charge in [-0.15, -0.1) is 0 Å². The fourth-order valence-electron chi connectivity index (χ4n) is 4.16. The van der Waals surface area contributed by atoms with Gasteiger partial charge in [-0.2, -0.15) is 0 Å². The maximum Gasteiger partial charge on any atom is 0.249 e. The average Bonchev–Trinajstić information content (AvgIpc) is 3.30. The third-order valence-corrected chi connectivity index (χ3v) is 5.91. The van der Waals surface area contributed by atoms with Crippen LogP contribution in [0.25, 0.3) is 0 Å². The molecule has 3 rings (SSSR count). The molecule has 0 aromatic rings. The van der Waals surface area contributed by atoms with E-state index in [2.05, 4.69) is 19.2 Å². The van der Waals surface area contributed by atoms with Crippen LogP contribution >= 0.6 is 0 Å². The third-order valence-electron chi connectivity index (χ3n) is 5.91. The van der Waals surface area contributed by atoms with Crippen molar-refractivity contribution >= 4 is 11.8 Å². The summed E-state index contributed by atoms with van der Waals surface area (Å²) in [6.45, 7) is 8.16. The van der Waals surface area contributed by atoms with Gasteiger partial charge in [0.25, 0.3) is 0 Å². The van der Waals surface area contributed by atoms with Crippen molar-refractivity contribution < 1.29 is 9.59 Å². The first-order chi connectivity index (χ1) is 9.85. The first-order valence-electron chi connectivity index (χ1n) is 8.52. The molecule has 1 aliphatic heterocycles. The van der Waals surface area contributed by atoms with Crippen molar-refractivity contribution in [3.8, 4) is 0 Å². The van der Waals surface area contributed by atoms with Crippen LogP contribution in [0.1, 0.15) is 66.2 Å². The van der Waals surface area contributed by atoms with E-state index in [1.807, 2.05) is 18.7 Å². The minimum atomic E-state index is -0.673. The summed E-state index contributed by atoms with van der Waals surface area (Å²) in [5, 5.41) is 3.11. The van der Waals surface area contributed by atoms with Crippen LogP contribution in [0, 0.1) is 11.8 Å². The molecule has 3 aliphatic rings. The molecule has 0 aromatic carbocycles. The van der Waals surface area contributed by atoms with Crippen LogP contribution in [0.5, 0.6) is 0 Å². The van der Waals surface area contributed by atoms with Gasteiger partial charge in [-0.3, -0.25) is 9.59 Å². The van der Waals surface area contributed by atoms with Crippen LogP contribution in [-0.4, -0.2) is 33.8 Å². The molecule has 2 saturated carbocycles. The van der Waals surface area contributed by atoms with E-state index in [1.54, 1.807) is 0 Å². The van der Waals surface area contributed by atoms with E-state index < -0.39 is 11.1 Å². The second-order valence-electron chi connectivity index (χ2n) is 7.67. The molecule has 2 amide bonds. The Morgan fingerprint density at radius 3 is 2.24 bits per heavy atom. The first-order valence-corrected chi connectivity index (χ1v) is 8.52. The predicted molar refractivity (Wildman–Crippen MR) is 81.6 cm³/mol. The predicted octanol–water partition coefficient (Wildman–Crippen LogP) is 2.47. The van der Waals surface area contributed by atoms with E-state index in [1.165, 1.54) is 0 Å². The van der Waals surface area contributed by atoms with Crippen molar-refractivity contribution in [1.29, 1.82) is 0 Å². The molecule has 21 heavy (non-hydrogen) atoms. The van der Waals surface area contributed by atoms with Crippen molar-refractivity contribution in [2.24, 2.45) is 11.8 Å². The molecule has 1 heterocycles. The zero-order valence-corrected chi connectivity index (χ0v) is 13.7. The van der Waals surface area contributed by atoms with Crippen LogP contribution in [0.15, 0.2) is 0 Å². The SMILES string of the molecule is CCCC(C)N1C(=O)C(C)(C2CC2)NC(=O)C1(C)C1CC1. The maximum absolute atomic E-state index is 13.2. The maximum atomic E-state index is 13.2. The Kier molecular flexibility index (Phi) is 3.34. The van der Waals surface area contributed by atoms with Crippen LogP contribution in [-0.2, 0) is 9.59 Å². The Morgan fingerprint density at radius 2 is 1.76 bits per heavy atom. The van der Waals surface area contributed by atoms with Gasteiger partial charge >= 0.3 is 0 Å². The van der Waals surface area contributed by atoms with Gasteiger partial charge in [0, 0.05) is 6.04 Å². The standard InChI is InChI=1S/C17H28N2O2/c1-5-6-11(2)19-15(21)16(3,12-7-8-12)18-14(20)17(19,4)13-9-10-13/h11-13H,5-10H2,1-4H3,(H,18,20). The molecule has 0 bridgehead atoms. The fraction of sp³-hybridized carbons (Fsp3) is 0.882. The molecule has 0 spiro atoms. The number of piperazine rings is 1. The minimum absolute atomic E-state index is 0.0713. The molecule has 3 fully saturated rings. The Hall–Kier alpha value is -1.06. The Morgan fingerprint density at radius 1 is 1.19 bits per heavy atom. The molecule has 0 aromatic heterocycles. The van der Waals surface area contributed by atoms with Gasteiger partial charge in [0.1, 0.15) is 11.1 Å². The average molecular weight is 292 g/mol. The van der Waals surface area contributed by atoms with E-state index >= 15 is 0 Å². The highest BCUT2D eigenvalue weighted by Crippen LogP contribution is 2.50. The normalized spacial score (nSPS) is 38.4. The Bertz CT molecular complexity index is 469. The molecule has 0 radical (unpaired) electrons. The summed E-state index contributed by atoms with van der Waals surface area (Å²) >= 11 is 0. The summed E-state index contributed by atoms with van der Waals surface area (Å²) in [5.74, 6) is 0.889. The van der Waals surface area contributed by atoms with E-state index in [0.29, 0.717) is 11.8 Å². The first kappa shape index (κ1) is 14.9. The lowest BCUT2D eigenvalue weighted by molar-refractivity contribution is -0.167. The molecule has 4 nitrogen and oxygen atoms in total. The lowest BCUT2D eigenvalue weighted by Gasteiger charge is -2.53. The van der Waals surface area contributed by atoms with E-state index in [9.17, 15) is 9.59 Å². The Balaban J connectivity index is 1.98. The fourth-order valence-corrected chi connectivity index (χ4v) is 4.16. The molecule has 4 heteroatoms. The summed E-state index contributed by atoms with van der Waals surface area (Å²) in [4.78, 5) is 28.1. The summed E-state index contributed by atoms with van der Waals surface area (Å²) in [5.41, 5.74) is -1.31. The monoisotopic (exact) mass is 292 g/mol. The number of carbonyl (C=O) groups is 2. The van der Waals surface area contributed by atoms with Crippen molar-refractivity contribution in [3.05, 3.63) is 0 Å². The van der Waals surface area contributed by atoms with E-state index in [-0.39, 0.29) is 17.9 Å². The lowest BCUT2D eigenvalue weighted by Crippen LogP contribution is -2.77. The zero-order chi connectivity index (χ0) is 15.4. The molecular formula is C17H28N2O2. The Labute approximate surface area is 127 Å². The minimum Gasteiger partial charge on any atom is -0.340 e. The number of nitrogens with one attached hydrogen (secondary N) is 1. The summed E-state index contributed by atoms with van der Waals surface area (Å²) in [6, 6.07) is 0.136. The summed E-state index contributed by atoms with van der Waals surface area (Å²) < 4.78 is 0. The second kappa shape index (κ2) is 4.72. The molecule has 1 saturated heterocycles. The number of rotatable bonds is 5. The number of amides is 2. The summed E-state index contributed by atoms with van der Waals surface area (Å²) in [7, 11) is 0. The van der Waals surface area contributed by atoms with Gasteiger partial charge in [-0.05, 0) is 64.7 Å². The molecule has 1 N–H and O–H groups in total. The van der Waals surface area contributed by atoms with Crippen LogP contribution < -0.4 is 5.32 Å². The number of nitrogens with zero attached hydrogens (tertiary/aromatic N) is 1. The van der Waals surface area contributed by atoms with Gasteiger partial charge in [0.2, 0.25) is 11.8 Å². The van der Waals surface area contributed by atoms with Crippen molar-refractivity contribution in [3.63, 3.8) is 0 Å². The number of carbonyl (C=O) groups excluding carboxylic acids is 2. The van der Waals surface area contributed by atoms with Gasteiger partial charge in [-0.1, -0.05) is 13.3 Å². The topological polar surface area (TPSA) is 49.4 Å². The van der Waals surface area contributed by atoms with E-state index in [4.69, 9.17) is 0 Å². The van der Waals surface area contributed by atoms with Crippen LogP contribution in [0.3, 0.4) is 0 Å². The zero-order valence-electron chi connectivity index (χ0n) is 13.7. The van der Waals surface area contributed by atoms with Gasteiger partial charge in [0.15, 0.2) is 0 Å². The highest BCUT2D eigenvalue weighted by atomic mass is 16.2. The van der Waals surface area contributed by atoms with Crippen LogP contribution in [0.4, 0.5) is 0 Å². The van der Waals surface area contributed by atoms with Crippen molar-refractivity contribution in [2.45, 2.75) is 83.3 Å². The lowest BCUT2D eigenvalue weighted by atomic mass is 9.80. The van der Waals surface area contributed by atoms with Crippen molar-refractivity contribution in [1.82, 2.24) is 10.2 Å². The quantitative estimate of drug-likeness (QED) is 0.846. The second-order valence-corrected chi connectivity index (χ2v) is 7.67. The van der Waals surface area contributed by atoms with Crippen LogP contribution in [0.2, 0.25) is 0 Å².